The number of aryl methyl sites for hydroxylation is 1. The third-order valence-electron chi connectivity index (χ3n) is 4.03. The van der Waals surface area contributed by atoms with Crippen LogP contribution >= 0.6 is 0 Å². The summed E-state index contributed by atoms with van der Waals surface area (Å²) in [6.45, 7) is 3.66. The average molecular weight is 351 g/mol. The molecule has 0 radical (unpaired) electrons. The molecular formula is C20H21N3O3. The summed E-state index contributed by atoms with van der Waals surface area (Å²) in [7, 11) is 1.55. The molecule has 0 heterocycles. The van der Waals surface area contributed by atoms with E-state index in [1.165, 1.54) is 4.90 Å². The van der Waals surface area contributed by atoms with E-state index in [4.69, 9.17) is 10.00 Å². The Balaban J connectivity index is 1.84. The van der Waals surface area contributed by atoms with Gasteiger partial charge in [0, 0.05) is 12.7 Å². The number of carbonyl (C=O) groups excluding carboxylic acids is 2. The highest BCUT2D eigenvalue weighted by Gasteiger charge is 2.14. The lowest BCUT2D eigenvalue weighted by Crippen LogP contribution is -2.37. The molecule has 0 aliphatic rings. The van der Waals surface area contributed by atoms with E-state index < -0.39 is 0 Å². The largest absolute Gasteiger partial charge is 0.484 e. The summed E-state index contributed by atoms with van der Waals surface area (Å²) in [5.74, 6) is -0.0935. The summed E-state index contributed by atoms with van der Waals surface area (Å²) in [6, 6.07) is 14.2. The molecule has 0 atom stereocenters. The van der Waals surface area contributed by atoms with Gasteiger partial charge in [-0.25, -0.2) is 0 Å². The Morgan fingerprint density at radius 3 is 2.50 bits per heavy atom. The molecule has 0 spiro atoms. The van der Waals surface area contributed by atoms with Gasteiger partial charge in [-0.3, -0.25) is 9.59 Å². The van der Waals surface area contributed by atoms with Crippen molar-refractivity contribution in [1.29, 1.82) is 5.26 Å². The van der Waals surface area contributed by atoms with Crippen LogP contribution in [0.2, 0.25) is 0 Å². The lowest BCUT2D eigenvalue weighted by molar-refractivity contribution is -0.135. The first-order chi connectivity index (χ1) is 12.4. The molecule has 134 valence electrons. The molecule has 0 aromatic heterocycles. The fourth-order valence-electron chi connectivity index (χ4n) is 2.26. The van der Waals surface area contributed by atoms with Crippen LogP contribution in [0.5, 0.6) is 5.75 Å². The van der Waals surface area contributed by atoms with Crippen molar-refractivity contribution < 1.29 is 14.3 Å². The maximum absolute atomic E-state index is 12.2. The van der Waals surface area contributed by atoms with Gasteiger partial charge in [-0.1, -0.05) is 12.1 Å². The maximum atomic E-state index is 12.2. The van der Waals surface area contributed by atoms with E-state index in [0.29, 0.717) is 11.3 Å². The molecule has 0 saturated carbocycles. The van der Waals surface area contributed by atoms with Crippen molar-refractivity contribution in [3.05, 3.63) is 59.2 Å². The van der Waals surface area contributed by atoms with Gasteiger partial charge in [0.05, 0.1) is 18.2 Å². The van der Waals surface area contributed by atoms with Crippen molar-refractivity contribution >= 4 is 17.5 Å². The number of hydrogen-bond acceptors (Lipinski definition) is 4. The zero-order chi connectivity index (χ0) is 19.1. The average Bonchev–Trinajstić information content (AvgIpc) is 2.63. The van der Waals surface area contributed by atoms with E-state index in [-0.39, 0.29) is 25.0 Å². The topological polar surface area (TPSA) is 82.4 Å². The summed E-state index contributed by atoms with van der Waals surface area (Å²) < 4.78 is 5.39. The quantitative estimate of drug-likeness (QED) is 0.867. The van der Waals surface area contributed by atoms with Crippen LogP contribution in [0.3, 0.4) is 0 Å². The van der Waals surface area contributed by atoms with Gasteiger partial charge in [0.15, 0.2) is 6.61 Å². The third kappa shape index (κ3) is 5.08. The number of nitriles is 1. The number of ether oxygens (including phenoxy) is 1. The van der Waals surface area contributed by atoms with Gasteiger partial charge in [0.25, 0.3) is 5.91 Å². The van der Waals surface area contributed by atoms with Crippen molar-refractivity contribution in [2.24, 2.45) is 0 Å². The Morgan fingerprint density at radius 1 is 1.15 bits per heavy atom. The summed E-state index contributed by atoms with van der Waals surface area (Å²) in [6.07, 6.45) is 0. The summed E-state index contributed by atoms with van der Waals surface area (Å²) in [5.41, 5.74) is 3.34. The van der Waals surface area contributed by atoms with Crippen LogP contribution in [0, 0.1) is 25.2 Å². The molecule has 2 rings (SSSR count). The second-order valence-electron chi connectivity index (χ2n) is 5.97. The zero-order valence-corrected chi connectivity index (χ0v) is 15.1. The standard InChI is InChI=1S/C20H21N3O3/c1-14-5-4-6-18(15(14)2)22-19(24)12-23(3)20(25)13-26-17-9-7-16(11-21)8-10-17/h4-10H,12-13H2,1-3H3,(H,22,24). The molecule has 26 heavy (non-hydrogen) atoms. The first-order valence-corrected chi connectivity index (χ1v) is 8.13. The van der Waals surface area contributed by atoms with Gasteiger partial charge in [0.1, 0.15) is 5.75 Å². The van der Waals surface area contributed by atoms with Crippen LogP contribution in [0.25, 0.3) is 0 Å². The van der Waals surface area contributed by atoms with Crippen molar-refractivity contribution in [2.75, 3.05) is 25.5 Å². The van der Waals surface area contributed by atoms with Crippen molar-refractivity contribution in [3.8, 4) is 11.8 Å². The van der Waals surface area contributed by atoms with Crippen molar-refractivity contribution in [3.63, 3.8) is 0 Å². The van der Waals surface area contributed by atoms with E-state index in [1.54, 1.807) is 31.3 Å². The van der Waals surface area contributed by atoms with Crippen LogP contribution in [-0.4, -0.2) is 36.9 Å². The lowest BCUT2D eigenvalue weighted by atomic mass is 10.1. The van der Waals surface area contributed by atoms with Gasteiger partial charge >= 0.3 is 0 Å². The Labute approximate surface area is 153 Å². The molecule has 6 heteroatoms. The highest BCUT2D eigenvalue weighted by atomic mass is 16.5. The number of hydrogen-bond donors (Lipinski definition) is 1. The lowest BCUT2D eigenvalue weighted by Gasteiger charge is -2.18. The van der Waals surface area contributed by atoms with E-state index in [1.807, 2.05) is 38.1 Å². The monoisotopic (exact) mass is 351 g/mol. The summed E-state index contributed by atoms with van der Waals surface area (Å²) in [4.78, 5) is 25.6. The summed E-state index contributed by atoms with van der Waals surface area (Å²) in [5, 5.41) is 11.6. The van der Waals surface area contributed by atoms with Gasteiger partial charge in [0.2, 0.25) is 5.91 Å². The Bertz CT molecular complexity index is 838. The molecule has 0 bridgehead atoms. The molecule has 2 aromatic rings. The minimum absolute atomic E-state index is 0.0665. The first-order valence-electron chi connectivity index (χ1n) is 8.13. The van der Waals surface area contributed by atoms with Crippen LogP contribution < -0.4 is 10.1 Å². The van der Waals surface area contributed by atoms with E-state index >= 15 is 0 Å². The Hall–Kier alpha value is -3.33. The fraction of sp³-hybridized carbons (Fsp3) is 0.250. The van der Waals surface area contributed by atoms with Crippen LogP contribution in [0.4, 0.5) is 5.69 Å². The SMILES string of the molecule is Cc1cccc(NC(=O)CN(C)C(=O)COc2ccc(C#N)cc2)c1C. The maximum Gasteiger partial charge on any atom is 0.260 e. The normalized spacial score (nSPS) is 9.92. The molecule has 0 unspecified atom stereocenters. The number of rotatable bonds is 6. The highest BCUT2D eigenvalue weighted by molar-refractivity contribution is 5.95. The number of carbonyl (C=O) groups is 2. The van der Waals surface area contributed by atoms with Gasteiger partial charge < -0.3 is 15.0 Å². The summed E-state index contributed by atoms with van der Waals surface area (Å²) >= 11 is 0. The molecule has 0 aliphatic carbocycles. The Kier molecular flexibility index (Phi) is 6.34. The van der Waals surface area contributed by atoms with Crippen LogP contribution in [0.15, 0.2) is 42.5 Å². The van der Waals surface area contributed by atoms with E-state index in [9.17, 15) is 9.59 Å². The Morgan fingerprint density at radius 2 is 1.85 bits per heavy atom. The number of amides is 2. The molecule has 0 saturated heterocycles. The molecule has 2 amide bonds. The molecule has 2 aromatic carbocycles. The van der Waals surface area contributed by atoms with Crippen LogP contribution in [0.1, 0.15) is 16.7 Å². The number of likely N-dealkylation sites (N-methyl/N-ethyl adjacent to an activating group) is 1. The fourth-order valence-corrected chi connectivity index (χ4v) is 2.26. The minimum Gasteiger partial charge on any atom is -0.484 e. The van der Waals surface area contributed by atoms with E-state index in [0.717, 1.165) is 16.8 Å². The number of benzene rings is 2. The second-order valence-corrected chi connectivity index (χ2v) is 5.97. The predicted molar refractivity (Wildman–Crippen MR) is 98.8 cm³/mol. The number of anilines is 1. The molecule has 0 aliphatic heterocycles. The van der Waals surface area contributed by atoms with E-state index in [2.05, 4.69) is 5.32 Å². The smallest absolute Gasteiger partial charge is 0.260 e. The number of nitrogens with zero attached hydrogens (tertiary/aromatic N) is 2. The molecule has 6 nitrogen and oxygen atoms in total. The first kappa shape index (κ1) is 19.0. The third-order valence-corrected chi connectivity index (χ3v) is 4.03. The molecular weight excluding hydrogens is 330 g/mol. The minimum atomic E-state index is -0.314. The van der Waals surface area contributed by atoms with Crippen molar-refractivity contribution in [2.45, 2.75) is 13.8 Å². The molecule has 1 N–H and O–H groups in total. The van der Waals surface area contributed by atoms with Gasteiger partial charge in [-0.2, -0.15) is 5.26 Å². The molecule has 0 fully saturated rings. The highest BCUT2D eigenvalue weighted by Crippen LogP contribution is 2.17. The number of nitrogens with one attached hydrogen (secondary N) is 1. The van der Waals surface area contributed by atoms with Gasteiger partial charge in [-0.05, 0) is 55.3 Å². The van der Waals surface area contributed by atoms with Crippen LogP contribution in [-0.2, 0) is 9.59 Å². The zero-order valence-electron chi connectivity index (χ0n) is 15.1. The second kappa shape index (κ2) is 8.67. The van der Waals surface area contributed by atoms with Gasteiger partial charge in [-0.15, -0.1) is 0 Å². The predicted octanol–water partition coefficient (Wildman–Crippen LogP) is 2.65. The van der Waals surface area contributed by atoms with Crippen molar-refractivity contribution in [1.82, 2.24) is 4.90 Å².